The van der Waals surface area contributed by atoms with Crippen LogP contribution < -0.4 is 0 Å². The average Bonchev–Trinajstić information content (AvgIpc) is 2.25. The van der Waals surface area contributed by atoms with Crippen LogP contribution in [-0.4, -0.2) is 35.7 Å². The van der Waals surface area contributed by atoms with Crippen molar-refractivity contribution in [3.63, 3.8) is 0 Å². The van der Waals surface area contributed by atoms with E-state index in [9.17, 15) is 5.11 Å². The summed E-state index contributed by atoms with van der Waals surface area (Å²) in [7, 11) is 0. The molecule has 2 rings (SSSR count). The number of rotatable bonds is 2. The summed E-state index contributed by atoms with van der Waals surface area (Å²) in [6.07, 6.45) is 7.69. The van der Waals surface area contributed by atoms with Gasteiger partial charge in [-0.2, -0.15) is 0 Å². The molecule has 1 aliphatic carbocycles. The summed E-state index contributed by atoms with van der Waals surface area (Å²) in [4.78, 5) is 2.57. The maximum atomic E-state index is 9.46. The summed E-state index contributed by atoms with van der Waals surface area (Å²) in [5.74, 6) is 1.85. The lowest BCUT2D eigenvalue weighted by Crippen LogP contribution is -2.40. The van der Waals surface area contributed by atoms with Crippen molar-refractivity contribution in [1.82, 2.24) is 4.90 Å². The van der Waals surface area contributed by atoms with Crippen LogP contribution in [0.2, 0.25) is 0 Å². The quantitative estimate of drug-likeness (QED) is 0.757. The molecule has 15 heavy (non-hydrogen) atoms. The number of aliphatic hydroxyl groups is 1. The van der Waals surface area contributed by atoms with Gasteiger partial charge in [-0.05, 0) is 31.1 Å². The topological polar surface area (TPSA) is 23.5 Å². The molecule has 0 radical (unpaired) electrons. The maximum absolute atomic E-state index is 9.46. The molecular formula is C13H25NO. The molecule has 0 aromatic heterocycles. The molecular weight excluding hydrogens is 186 g/mol. The second kappa shape index (κ2) is 5.31. The standard InChI is InChI=1S/C13H25NO/c1-11-4-2-3-5-12(11)10-14-8-6-13(15)7-9-14/h11-13,15H,2-10H2,1H3. The zero-order valence-corrected chi connectivity index (χ0v) is 9.99. The second-order valence-corrected chi connectivity index (χ2v) is 5.55. The lowest BCUT2D eigenvalue weighted by atomic mass is 9.80. The van der Waals surface area contributed by atoms with Gasteiger partial charge in [0, 0.05) is 19.6 Å². The zero-order valence-electron chi connectivity index (χ0n) is 9.99. The van der Waals surface area contributed by atoms with E-state index in [-0.39, 0.29) is 6.10 Å². The fourth-order valence-corrected chi connectivity index (χ4v) is 3.10. The largest absolute Gasteiger partial charge is 0.393 e. The van der Waals surface area contributed by atoms with Gasteiger partial charge in [-0.3, -0.25) is 0 Å². The third kappa shape index (κ3) is 3.18. The summed E-state index contributed by atoms with van der Waals surface area (Å²) in [5, 5.41) is 9.46. The Balaban J connectivity index is 1.75. The summed E-state index contributed by atoms with van der Waals surface area (Å²) in [6, 6.07) is 0. The van der Waals surface area contributed by atoms with E-state index < -0.39 is 0 Å². The van der Waals surface area contributed by atoms with Crippen LogP contribution in [0, 0.1) is 11.8 Å². The van der Waals surface area contributed by atoms with Gasteiger partial charge in [0.15, 0.2) is 0 Å². The minimum atomic E-state index is -0.0231. The first-order chi connectivity index (χ1) is 7.25. The monoisotopic (exact) mass is 211 g/mol. The van der Waals surface area contributed by atoms with Gasteiger partial charge in [-0.15, -0.1) is 0 Å². The maximum Gasteiger partial charge on any atom is 0.0564 e. The molecule has 1 saturated heterocycles. The van der Waals surface area contributed by atoms with Gasteiger partial charge in [0.1, 0.15) is 0 Å². The van der Waals surface area contributed by atoms with Crippen molar-refractivity contribution in [2.75, 3.05) is 19.6 Å². The smallest absolute Gasteiger partial charge is 0.0564 e. The van der Waals surface area contributed by atoms with Gasteiger partial charge in [0.2, 0.25) is 0 Å². The second-order valence-electron chi connectivity index (χ2n) is 5.55. The SMILES string of the molecule is CC1CCCCC1CN1CCC(O)CC1. The Hall–Kier alpha value is -0.0800. The molecule has 2 heteroatoms. The number of nitrogens with zero attached hydrogens (tertiary/aromatic N) is 1. The molecule has 0 bridgehead atoms. The number of aliphatic hydroxyl groups excluding tert-OH is 1. The summed E-state index contributed by atoms with van der Waals surface area (Å²) in [6.45, 7) is 5.94. The molecule has 2 aliphatic rings. The minimum Gasteiger partial charge on any atom is -0.393 e. The predicted molar refractivity (Wildman–Crippen MR) is 62.8 cm³/mol. The molecule has 0 spiro atoms. The fraction of sp³-hybridized carbons (Fsp3) is 1.00. The highest BCUT2D eigenvalue weighted by molar-refractivity contribution is 4.78. The first-order valence-corrected chi connectivity index (χ1v) is 6.66. The Morgan fingerprint density at radius 3 is 2.40 bits per heavy atom. The summed E-state index contributed by atoms with van der Waals surface area (Å²) >= 11 is 0. The molecule has 0 aromatic carbocycles. The number of hydrogen-bond donors (Lipinski definition) is 1. The molecule has 2 atom stereocenters. The minimum absolute atomic E-state index is 0.0231. The van der Waals surface area contributed by atoms with Crippen LogP contribution in [0.15, 0.2) is 0 Å². The van der Waals surface area contributed by atoms with E-state index in [4.69, 9.17) is 0 Å². The molecule has 1 saturated carbocycles. The van der Waals surface area contributed by atoms with Gasteiger partial charge in [-0.1, -0.05) is 26.2 Å². The zero-order chi connectivity index (χ0) is 10.7. The van der Waals surface area contributed by atoms with E-state index in [1.165, 1.54) is 32.2 Å². The van der Waals surface area contributed by atoms with Crippen LogP contribution in [0.4, 0.5) is 0 Å². The van der Waals surface area contributed by atoms with E-state index in [1.54, 1.807) is 0 Å². The Morgan fingerprint density at radius 2 is 1.73 bits per heavy atom. The highest BCUT2D eigenvalue weighted by Gasteiger charge is 2.25. The lowest BCUT2D eigenvalue weighted by molar-refractivity contribution is 0.0638. The van der Waals surface area contributed by atoms with E-state index in [0.29, 0.717) is 0 Å². The highest BCUT2D eigenvalue weighted by Crippen LogP contribution is 2.30. The number of hydrogen-bond acceptors (Lipinski definition) is 2. The summed E-state index contributed by atoms with van der Waals surface area (Å²) < 4.78 is 0. The molecule has 0 amide bonds. The molecule has 2 nitrogen and oxygen atoms in total. The van der Waals surface area contributed by atoms with Crippen molar-refractivity contribution in [1.29, 1.82) is 0 Å². The normalized spacial score (nSPS) is 35.6. The van der Waals surface area contributed by atoms with Crippen LogP contribution in [0.1, 0.15) is 45.4 Å². The molecule has 2 fully saturated rings. The number of likely N-dealkylation sites (tertiary alicyclic amines) is 1. The Kier molecular flexibility index (Phi) is 4.04. The van der Waals surface area contributed by atoms with Crippen molar-refractivity contribution in [2.45, 2.75) is 51.6 Å². The van der Waals surface area contributed by atoms with Crippen molar-refractivity contribution in [3.05, 3.63) is 0 Å². The van der Waals surface area contributed by atoms with Crippen LogP contribution >= 0.6 is 0 Å². The molecule has 1 aliphatic heterocycles. The van der Waals surface area contributed by atoms with E-state index in [1.807, 2.05) is 0 Å². The highest BCUT2D eigenvalue weighted by atomic mass is 16.3. The van der Waals surface area contributed by atoms with Crippen LogP contribution in [0.3, 0.4) is 0 Å². The van der Waals surface area contributed by atoms with E-state index >= 15 is 0 Å². The van der Waals surface area contributed by atoms with Gasteiger partial charge in [0.05, 0.1) is 6.10 Å². The van der Waals surface area contributed by atoms with Gasteiger partial charge in [-0.25, -0.2) is 0 Å². The molecule has 2 unspecified atom stereocenters. The van der Waals surface area contributed by atoms with Crippen molar-refractivity contribution in [3.8, 4) is 0 Å². The lowest BCUT2D eigenvalue weighted by Gasteiger charge is -2.36. The fourth-order valence-electron chi connectivity index (χ4n) is 3.10. The van der Waals surface area contributed by atoms with Crippen LogP contribution in [-0.2, 0) is 0 Å². The number of piperidine rings is 1. The predicted octanol–water partition coefficient (Wildman–Crippen LogP) is 2.27. The Labute approximate surface area is 93.7 Å². The molecule has 0 aromatic rings. The molecule has 88 valence electrons. The van der Waals surface area contributed by atoms with Crippen molar-refractivity contribution >= 4 is 0 Å². The third-order valence-electron chi connectivity index (χ3n) is 4.34. The Morgan fingerprint density at radius 1 is 1.07 bits per heavy atom. The van der Waals surface area contributed by atoms with Gasteiger partial charge < -0.3 is 10.0 Å². The summed E-state index contributed by atoms with van der Waals surface area (Å²) in [5.41, 5.74) is 0. The average molecular weight is 211 g/mol. The first kappa shape index (κ1) is 11.4. The van der Waals surface area contributed by atoms with Crippen LogP contribution in [0.25, 0.3) is 0 Å². The Bertz CT molecular complexity index is 187. The van der Waals surface area contributed by atoms with Crippen molar-refractivity contribution < 1.29 is 5.11 Å². The van der Waals surface area contributed by atoms with E-state index in [2.05, 4.69) is 11.8 Å². The first-order valence-electron chi connectivity index (χ1n) is 6.66. The van der Waals surface area contributed by atoms with Gasteiger partial charge >= 0.3 is 0 Å². The molecule has 1 heterocycles. The molecule has 1 N–H and O–H groups in total. The van der Waals surface area contributed by atoms with Crippen molar-refractivity contribution in [2.24, 2.45) is 11.8 Å². The van der Waals surface area contributed by atoms with E-state index in [0.717, 1.165) is 37.8 Å². The van der Waals surface area contributed by atoms with Crippen LogP contribution in [0.5, 0.6) is 0 Å². The third-order valence-corrected chi connectivity index (χ3v) is 4.34. The van der Waals surface area contributed by atoms with Gasteiger partial charge in [0.25, 0.3) is 0 Å².